The molecule has 0 saturated carbocycles. The van der Waals surface area contributed by atoms with Crippen LogP contribution in [-0.2, 0) is 4.74 Å². The minimum Gasteiger partial charge on any atom is -0.375 e. The number of nitrogens with zero attached hydrogens (tertiary/aromatic N) is 3. The van der Waals surface area contributed by atoms with Crippen LogP contribution in [0.1, 0.15) is 40.0 Å². The number of morpholine rings is 1. The van der Waals surface area contributed by atoms with Gasteiger partial charge in [-0.3, -0.25) is 9.89 Å². The summed E-state index contributed by atoms with van der Waals surface area (Å²) in [6, 6.07) is 1.15. The Bertz CT molecular complexity index is 334. The third-order valence-electron chi connectivity index (χ3n) is 4.50. The molecule has 5 heteroatoms. The maximum absolute atomic E-state index is 6.12. The Balaban J connectivity index is 1.84. The van der Waals surface area contributed by atoms with Crippen molar-refractivity contribution in [1.82, 2.24) is 9.80 Å². The molecule has 0 amide bonds. The van der Waals surface area contributed by atoms with Crippen LogP contribution < -0.4 is 5.73 Å². The highest BCUT2D eigenvalue weighted by molar-refractivity contribution is 5.78. The summed E-state index contributed by atoms with van der Waals surface area (Å²) in [5.41, 5.74) is 6.12. The summed E-state index contributed by atoms with van der Waals surface area (Å²) in [7, 11) is 0. The zero-order valence-electron chi connectivity index (χ0n) is 13.2. The lowest BCUT2D eigenvalue weighted by Crippen LogP contribution is -2.49. The summed E-state index contributed by atoms with van der Waals surface area (Å²) >= 11 is 0. The summed E-state index contributed by atoms with van der Waals surface area (Å²) in [5, 5.41) is 0. The molecule has 116 valence electrons. The molecule has 0 aromatic rings. The van der Waals surface area contributed by atoms with Crippen LogP contribution in [-0.4, -0.2) is 66.7 Å². The van der Waals surface area contributed by atoms with E-state index in [4.69, 9.17) is 10.5 Å². The van der Waals surface area contributed by atoms with Gasteiger partial charge in [-0.05, 0) is 40.2 Å². The number of piperidine rings is 1. The van der Waals surface area contributed by atoms with Gasteiger partial charge in [0, 0.05) is 25.2 Å². The lowest BCUT2D eigenvalue weighted by atomic mass is 10.0. The second kappa shape index (κ2) is 7.27. The molecule has 2 fully saturated rings. The smallest absolute Gasteiger partial charge is 0.191 e. The summed E-state index contributed by atoms with van der Waals surface area (Å²) in [4.78, 5) is 9.33. The summed E-state index contributed by atoms with van der Waals surface area (Å²) in [6.45, 7) is 11.1. The predicted octanol–water partition coefficient (Wildman–Crippen LogP) is 1.28. The standard InChI is InChI=1S/C15H30N4O/c1-12-6-4-5-7-19(12)13(2)10-17-15(16)18-8-9-20-14(3)11-18/h12-14H,4-11H2,1-3H3,(H2,16,17). The highest BCUT2D eigenvalue weighted by atomic mass is 16.5. The van der Waals surface area contributed by atoms with Crippen molar-refractivity contribution in [3.05, 3.63) is 0 Å². The normalized spacial score (nSPS) is 31.4. The highest BCUT2D eigenvalue weighted by Gasteiger charge is 2.23. The number of likely N-dealkylation sites (tertiary alicyclic amines) is 1. The van der Waals surface area contributed by atoms with E-state index in [1.165, 1.54) is 25.8 Å². The van der Waals surface area contributed by atoms with Gasteiger partial charge in [-0.15, -0.1) is 0 Å². The fraction of sp³-hybridized carbons (Fsp3) is 0.933. The number of guanidine groups is 1. The SMILES string of the molecule is CC1CN(C(N)=NCC(C)N2CCCCC2C)CCO1. The van der Waals surface area contributed by atoms with E-state index in [-0.39, 0.29) is 6.10 Å². The molecule has 20 heavy (non-hydrogen) atoms. The van der Waals surface area contributed by atoms with E-state index in [1.807, 2.05) is 0 Å². The first kappa shape index (κ1) is 15.6. The van der Waals surface area contributed by atoms with Crippen LogP contribution >= 0.6 is 0 Å². The molecule has 0 aromatic heterocycles. The van der Waals surface area contributed by atoms with Crippen molar-refractivity contribution in [1.29, 1.82) is 0 Å². The van der Waals surface area contributed by atoms with Gasteiger partial charge in [0.15, 0.2) is 5.96 Å². The molecule has 0 radical (unpaired) electrons. The fourth-order valence-electron chi connectivity index (χ4n) is 3.23. The Hall–Kier alpha value is -0.810. The van der Waals surface area contributed by atoms with Gasteiger partial charge in [0.1, 0.15) is 0 Å². The molecule has 2 heterocycles. The maximum Gasteiger partial charge on any atom is 0.191 e. The van der Waals surface area contributed by atoms with Crippen LogP contribution in [0, 0.1) is 0 Å². The summed E-state index contributed by atoms with van der Waals surface area (Å²) in [5.74, 6) is 0.677. The highest BCUT2D eigenvalue weighted by Crippen LogP contribution is 2.19. The monoisotopic (exact) mass is 282 g/mol. The van der Waals surface area contributed by atoms with Crippen molar-refractivity contribution in [3.63, 3.8) is 0 Å². The Morgan fingerprint density at radius 1 is 1.35 bits per heavy atom. The Kier molecular flexibility index (Phi) is 5.66. The van der Waals surface area contributed by atoms with Crippen LogP contribution in [0.2, 0.25) is 0 Å². The average Bonchev–Trinajstić information content (AvgIpc) is 2.45. The maximum atomic E-state index is 6.12. The number of rotatable bonds is 3. The number of hydrogen-bond donors (Lipinski definition) is 1. The van der Waals surface area contributed by atoms with E-state index in [0.717, 1.165) is 26.2 Å². The first-order chi connectivity index (χ1) is 9.58. The Morgan fingerprint density at radius 2 is 2.15 bits per heavy atom. The molecule has 2 aliphatic rings. The molecule has 2 aliphatic heterocycles. The zero-order chi connectivity index (χ0) is 14.5. The van der Waals surface area contributed by atoms with Gasteiger partial charge in [-0.1, -0.05) is 6.42 Å². The molecule has 3 unspecified atom stereocenters. The van der Waals surface area contributed by atoms with Crippen molar-refractivity contribution in [2.24, 2.45) is 10.7 Å². The third kappa shape index (κ3) is 4.09. The summed E-state index contributed by atoms with van der Waals surface area (Å²) in [6.07, 6.45) is 4.23. The lowest BCUT2D eigenvalue weighted by Gasteiger charge is -2.37. The average molecular weight is 282 g/mol. The number of hydrogen-bond acceptors (Lipinski definition) is 3. The second-order valence-corrected chi connectivity index (χ2v) is 6.26. The molecule has 3 atom stereocenters. The lowest BCUT2D eigenvalue weighted by molar-refractivity contribution is 0.00523. The molecule has 0 aromatic carbocycles. The topological polar surface area (TPSA) is 54.1 Å². The number of nitrogens with two attached hydrogens (primary N) is 1. The molecular weight excluding hydrogens is 252 g/mol. The van der Waals surface area contributed by atoms with Crippen molar-refractivity contribution in [3.8, 4) is 0 Å². The minimum absolute atomic E-state index is 0.247. The van der Waals surface area contributed by atoms with Gasteiger partial charge in [-0.2, -0.15) is 0 Å². The summed E-state index contributed by atoms with van der Waals surface area (Å²) < 4.78 is 5.53. The predicted molar refractivity (Wildman–Crippen MR) is 83.0 cm³/mol. The van der Waals surface area contributed by atoms with Gasteiger partial charge in [0.2, 0.25) is 0 Å². The van der Waals surface area contributed by atoms with E-state index in [0.29, 0.717) is 18.0 Å². The molecule has 0 bridgehead atoms. The number of ether oxygens (including phenoxy) is 1. The van der Waals surface area contributed by atoms with E-state index in [2.05, 4.69) is 35.6 Å². The van der Waals surface area contributed by atoms with Crippen LogP contribution in [0.5, 0.6) is 0 Å². The van der Waals surface area contributed by atoms with Gasteiger partial charge in [0.25, 0.3) is 0 Å². The van der Waals surface area contributed by atoms with Crippen LogP contribution in [0.4, 0.5) is 0 Å². The molecule has 5 nitrogen and oxygen atoms in total. The Labute approximate surface area is 123 Å². The molecule has 2 saturated heterocycles. The quantitative estimate of drug-likeness (QED) is 0.626. The largest absolute Gasteiger partial charge is 0.375 e. The molecule has 0 aliphatic carbocycles. The van der Waals surface area contributed by atoms with Crippen molar-refractivity contribution >= 4 is 5.96 Å². The van der Waals surface area contributed by atoms with Gasteiger partial charge in [0.05, 0.1) is 19.3 Å². The van der Waals surface area contributed by atoms with E-state index >= 15 is 0 Å². The molecule has 0 spiro atoms. The van der Waals surface area contributed by atoms with Crippen molar-refractivity contribution in [2.45, 2.75) is 58.2 Å². The first-order valence-electron chi connectivity index (χ1n) is 8.00. The molecular formula is C15H30N4O. The van der Waals surface area contributed by atoms with Gasteiger partial charge >= 0.3 is 0 Å². The second-order valence-electron chi connectivity index (χ2n) is 6.26. The fourth-order valence-corrected chi connectivity index (χ4v) is 3.23. The zero-order valence-corrected chi connectivity index (χ0v) is 13.2. The van der Waals surface area contributed by atoms with Crippen LogP contribution in [0.3, 0.4) is 0 Å². The molecule has 2 rings (SSSR count). The van der Waals surface area contributed by atoms with Crippen LogP contribution in [0.25, 0.3) is 0 Å². The molecule has 2 N–H and O–H groups in total. The van der Waals surface area contributed by atoms with Crippen molar-refractivity contribution in [2.75, 3.05) is 32.8 Å². The van der Waals surface area contributed by atoms with E-state index in [9.17, 15) is 0 Å². The minimum atomic E-state index is 0.247. The van der Waals surface area contributed by atoms with Crippen molar-refractivity contribution < 1.29 is 4.74 Å². The third-order valence-corrected chi connectivity index (χ3v) is 4.50. The van der Waals surface area contributed by atoms with Crippen LogP contribution in [0.15, 0.2) is 4.99 Å². The number of aliphatic imine (C=N–C) groups is 1. The van der Waals surface area contributed by atoms with Gasteiger partial charge < -0.3 is 15.4 Å². The van der Waals surface area contributed by atoms with E-state index in [1.54, 1.807) is 0 Å². The van der Waals surface area contributed by atoms with Gasteiger partial charge in [-0.25, -0.2) is 0 Å². The first-order valence-corrected chi connectivity index (χ1v) is 8.00. The Morgan fingerprint density at radius 3 is 2.85 bits per heavy atom. The van der Waals surface area contributed by atoms with E-state index < -0.39 is 0 Å².